The van der Waals surface area contributed by atoms with Crippen LogP contribution in [0.3, 0.4) is 0 Å². The van der Waals surface area contributed by atoms with Gasteiger partial charge in [-0.2, -0.15) is 0 Å². The Morgan fingerprint density at radius 3 is 3.00 bits per heavy atom. The van der Waals surface area contributed by atoms with E-state index < -0.39 is 0 Å². The summed E-state index contributed by atoms with van der Waals surface area (Å²) >= 11 is 0. The molecule has 0 radical (unpaired) electrons. The third kappa shape index (κ3) is 1.42. The Morgan fingerprint density at radius 2 is 2.23 bits per heavy atom. The van der Waals surface area contributed by atoms with Crippen LogP contribution in [0.5, 0.6) is 0 Å². The highest BCUT2D eigenvalue weighted by atomic mass is 16.1. The first-order valence-corrected chi connectivity index (χ1v) is 4.36. The van der Waals surface area contributed by atoms with Crippen LogP contribution >= 0.6 is 0 Å². The van der Waals surface area contributed by atoms with E-state index in [1.807, 2.05) is 24.3 Å². The summed E-state index contributed by atoms with van der Waals surface area (Å²) in [6.07, 6.45) is 1.71. The Morgan fingerprint density at radius 1 is 1.46 bits per heavy atom. The normalized spacial score (nSPS) is 21.0. The molecule has 68 valence electrons. The van der Waals surface area contributed by atoms with Crippen molar-refractivity contribution in [1.82, 2.24) is 0 Å². The van der Waals surface area contributed by atoms with Crippen molar-refractivity contribution >= 4 is 12.1 Å². The van der Waals surface area contributed by atoms with Gasteiger partial charge in [0.05, 0.1) is 0 Å². The monoisotopic (exact) mass is 176 g/mol. The van der Waals surface area contributed by atoms with Gasteiger partial charge in [-0.3, -0.25) is 4.79 Å². The fraction of sp³-hybridized carbons (Fsp3) is 0.300. The highest BCUT2D eigenvalue weighted by Gasteiger charge is 2.20. The number of anilines is 1. The maximum Gasteiger partial charge on any atom is 0.214 e. The number of rotatable bonds is 1. The quantitative estimate of drug-likeness (QED) is 0.634. The average molecular weight is 176 g/mol. The third-order valence-electron chi connectivity index (χ3n) is 2.34. The molecular formula is C10H12N2O. The standard InChI is InChI=1S/C10H12N2O/c11-9-5-8-3-1-2-4-10(8)12(6-9)7-13/h1-4,7,9H,5-6,11H2. The van der Waals surface area contributed by atoms with Crippen LogP contribution in [0.1, 0.15) is 5.56 Å². The lowest BCUT2D eigenvalue weighted by atomic mass is 9.99. The van der Waals surface area contributed by atoms with Gasteiger partial charge in [-0.05, 0) is 18.1 Å². The fourth-order valence-electron chi connectivity index (χ4n) is 1.76. The van der Waals surface area contributed by atoms with E-state index in [4.69, 9.17) is 5.73 Å². The molecule has 0 bridgehead atoms. The van der Waals surface area contributed by atoms with Crippen molar-refractivity contribution in [2.45, 2.75) is 12.5 Å². The lowest BCUT2D eigenvalue weighted by Gasteiger charge is -2.29. The van der Waals surface area contributed by atoms with E-state index >= 15 is 0 Å². The zero-order valence-corrected chi connectivity index (χ0v) is 7.31. The number of carbonyl (C=O) groups excluding carboxylic acids is 1. The third-order valence-corrected chi connectivity index (χ3v) is 2.34. The number of fused-ring (bicyclic) bond motifs is 1. The second-order valence-corrected chi connectivity index (χ2v) is 3.35. The number of carbonyl (C=O) groups is 1. The van der Waals surface area contributed by atoms with Crippen molar-refractivity contribution in [2.24, 2.45) is 5.73 Å². The van der Waals surface area contributed by atoms with Crippen molar-refractivity contribution in [2.75, 3.05) is 11.4 Å². The predicted molar refractivity (Wildman–Crippen MR) is 51.5 cm³/mol. The summed E-state index contributed by atoms with van der Waals surface area (Å²) in [4.78, 5) is 12.4. The minimum Gasteiger partial charge on any atom is -0.326 e. The summed E-state index contributed by atoms with van der Waals surface area (Å²) in [6, 6.07) is 7.95. The Balaban J connectivity index is 2.42. The summed E-state index contributed by atoms with van der Waals surface area (Å²) in [5.74, 6) is 0. The number of benzene rings is 1. The van der Waals surface area contributed by atoms with Crippen LogP contribution in [0.2, 0.25) is 0 Å². The van der Waals surface area contributed by atoms with Crippen molar-refractivity contribution in [3.8, 4) is 0 Å². The van der Waals surface area contributed by atoms with Crippen LogP contribution in [0, 0.1) is 0 Å². The van der Waals surface area contributed by atoms with Gasteiger partial charge >= 0.3 is 0 Å². The fourth-order valence-corrected chi connectivity index (χ4v) is 1.76. The molecule has 3 heteroatoms. The molecule has 2 N–H and O–H groups in total. The maximum atomic E-state index is 10.7. The molecule has 1 heterocycles. The molecule has 13 heavy (non-hydrogen) atoms. The maximum absolute atomic E-state index is 10.7. The summed E-state index contributed by atoms with van der Waals surface area (Å²) < 4.78 is 0. The van der Waals surface area contributed by atoms with Crippen LogP contribution < -0.4 is 10.6 Å². The van der Waals surface area contributed by atoms with Crippen LogP contribution in [0.4, 0.5) is 5.69 Å². The minimum atomic E-state index is 0.0695. The summed E-state index contributed by atoms with van der Waals surface area (Å²) in [5.41, 5.74) is 7.97. The lowest BCUT2D eigenvalue weighted by Crippen LogP contribution is -2.42. The Hall–Kier alpha value is -1.35. The molecule has 0 saturated heterocycles. The first-order valence-electron chi connectivity index (χ1n) is 4.36. The molecular weight excluding hydrogens is 164 g/mol. The molecule has 0 spiro atoms. The summed E-state index contributed by atoms with van der Waals surface area (Å²) in [5, 5.41) is 0. The Bertz CT molecular complexity index is 324. The number of amides is 1. The largest absolute Gasteiger partial charge is 0.326 e. The molecule has 0 fully saturated rings. The minimum absolute atomic E-state index is 0.0695. The molecule has 1 unspecified atom stereocenters. The van der Waals surface area contributed by atoms with Crippen LogP contribution in [-0.2, 0) is 11.2 Å². The van der Waals surface area contributed by atoms with Gasteiger partial charge in [0.2, 0.25) is 6.41 Å². The predicted octanol–water partition coefficient (Wildman–Crippen LogP) is 0.533. The topological polar surface area (TPSA) is 46.3 Å². The molecule has 1 aliphatic rings. The molecule has 0 saturated carbocycles. The van der Waals surface area contributed by atoms with Crippen molar-refractivity contribution in [3.63, 3.8) is 0 Å². The van der Waals surface area contributed by atoms with E-state index in [2.05, 4.69) is 0 Å². The van der Waals surface area contributed by atoms with Crippen LogP contribution in [-0.4, -0.2) is 19.0 Å². The van der Waals surface area contributed by atoms with Gasteiger partial charge < -0.3 is 10.6 Å². The second kappa shape index (κ2) is 3.18. The molecule has 1 amide bonds. The van der Waals surface area contributed by atoms with Gasteiger partial charge in [0.25, 0.3) is 0 Å². The van der Waals surface area contributed by atoms with Crippen molar-refractivity contribution < 1.29 is 4.79 Å². The van der Waals surface area contributed by atoms with E-state index in [1.54, 1.807) is 4.90 Å². The SMILES string of the molecule is NC1Cc2ccccc2N(C=O)C1. The van der Waals surface area contributed by atoms with Gasteiger partial charge in [-0.1, -0.05) is 18.2 Å². The lowest BCUT2D eigenvalue weighted by molar-refractivity contribution is -0.107. The van der Waals surface area contributed by atoms with Gasteiger partial charge in [0, 0.05) is 18.3 Å². The smallest absolute Gasteiger partial charge is 0.214 e. The van der Waals surface area contributed by atoms with E-state index in [0.717, 1.165) is 24.1 Å². The first kappa shape index (κ1) is 8.26. The molecule has 1 atom stereocenters. The average Bonchev–Trinajstić information content (AvgIpc) is 2.16. The van der Waals surface area contributed by atoms with Crippen LogP contribution in [0.15, 0.2) is 24.3 Å². The van der Waals surface area contributed by atoms with Crippen molar-refractivity contribution in [1.29, 1.82) is 0 Å². The highest BCUT2D eigenvalue weighted by molar-refractivity contribution is 5.78. The first-order chi connectivity index (χ1) is 6.31. The van der Waals surface area contributed by atoms with E-state index in [1.165, 1.54) is 0 Å². The van der Waals surface area contributed by atoms with Gasteiger partial charge in [0.1, 0.15) is 0 Å². The number of nitrogens with zero attached hydrogens (tertiary/aromatic N) is 1. The molecule has 1 aromatic carbocycles. The molecule has 2 rings (SSSR count). The van der Waals surface area contributed by atoms with E-state index in [-0.39, 0.29) is 6.04 Å². The molecule has 1 aliphatic heterocycles. The molecule has 0 aromatic heterocycles. The van der Waals surface area contributed by atoms with Gasteiger partial charge in [-0.25, -0.2) is 0 Å². The van der Waals surface area contributed by atoms with Gasteiger partial charge in [0.15, 0.2) is 0 Å². The number of hydrogen-bond donors (Lipinski definition) is 1. The van der Waals surface area contributed by atoms with E-state index in [0.29, 0.717) is 6.54 Å². The summed E-state index contributed by atoms with van der Waals surface area (Å²) in [7, 11) is 0. The highest BCUT2D eigenvalue weighted by Crippen LogP contribution is 2.24. The zero-order valence-electron chi connectivity index (χ0n) is 7.31. The van der Waals surface area contributed by atoms with Crippen molar-refractivity contribution in [3.05, 3.63) is 29.8 Å². The number of hydrogen-bond acceptors (Lipinski definition) is 2. The number of nitrogens with two attached hydrogens (primary N) is 1. The van der Waals surface area contributed by atoms with Gasteiger partial charge in [-0.15, -0.1) is 0 Å². The Kier molecular flexibility index (Phi) is 2.02. The molecule has 0 aliphatic carbocycles. The molecule has 3 nitrogen and oxygen atoms in total. The zero-order chi connectivity index (χ0) is 9.26. The Labute approximate surface area is 77.1 Å². The van der Waals surface area contributed by atoms with Crippen LogP contribution in [0.25, 0.3) is 0 Å². The second-order valence-electron chi connectivity index (χ2n) is 3.35. The summed E-state index contributed by atoms with van der Waals surface area (Å²) in [6.45, 7) is 0.626. The number of para-hydroxylation sites is 1. The molecule has 1 aromatic rings. The van der Waals surface area contributed by atoms with E-state index in [9.17, 15) is 4.79 Å².